The van der Waals surface area contributed by atoms with Crippen LogP contribution in [0.5, 0.6) is 0 Å². The lowest BCUT2D eigenvalue weighted by Gasteiger charge is -2.25. The van der Waals surface area contributed by atoms with Gasteiger partial charge in [-0.2, -0.15) is 0 Å². The van der Waals surface area contributed by atoms with Gasteiger partial charge in [-0.3, -0.25) is 9.59 Å². The number of rotatable bonds is 2. The highest BCUT2D eigenvalue weighted by molar-refractivity contribution is 6.04. The molecule has 2 heterocycles. The van der Waals surface area contributed by atoms with E-state index in [4.69, 9.17) is 0 Å². The van der Waals surface area contributed by atoms with Gasteiger partial charge < -0.3 is 21.3 Å². The fraction of sp³-hybridized carbons (Fsp3) is 0.429. The minimum atomic E-state index is -0.427. The number of fused-ring (bicyclic) bond motifs is 1. The number of piperidine rings is 1. The van der Waals surface area contributed by atoms with Crippen molar-refractivity contribution in [3.8, 4) is 0 Å². The van der Waals surface area contributed by atoms with E-state index in [0.29, 0.717) is 18.5 Å². The quantitative estimate of drug-likeness (QED) is 0.634. The van der Waals surface area contributed by atoms with E-state index in [1.165, 1.54) is 0 Å². The summed E-state index contributed by atoms with van der Waals surface area (Å²) in [7, 11) is 0. The van der Waals surface area contributed by atoms with Crippen molar-refractivity contribution in [1.82, 2.24) is 10.6 Å². The van der Waals surface area contributed by atoms with Gasteiger partial charge in [-0.25, -0.2) is 0 Å². The Labute approximate surface area is 117 Å². The Bertz CT molecular complexity index is 544. The fourth-order valence-electron chi connectivity index (χ4n) is 2.61. The summed E-state index contributed by atoms with van der Waals surface area (Å²) in [4.78, 5) is 24.1. The molecule has 0 radical (unpaired) electrons. The standard InChI is InChI=1S/C14H18N4O2/c19-13(18-11-5-2-6-17-14(11)20)9-3-1-4-10-12(9)16-8-7-15-10/h1,3-4,11,15-16H,2,5-8H2,(H,17,20)(H,18,19). The number of hydrogen-bond donors (Lipinski definition) is 4. The molecule has 2 amide bonds. The lowest BCUT2D eigenvalue weighted by atomic mass is 10.0. The lowest BCUT2D eigenvalue weighted by molar-refractivity contribution is -0.124. The lowest BCUT2D eigenvalue weighted by Crippen LogP contribution is -2.50. The maximum absolute atomic E-state index is 12.4. The van der Waals surface area contributed by atoms with E-state index in [9.17, 15) is 9.59 Å². The van der Waals surface area contributed by atoms with Crippen molar-refractivity contribution in [3.63, 3.8) is 0 Å². The number of para-hydroxylation sites is 1. The zero-order chi connectivity index (χ0) is 13.9. The van der Waals surface area contributed by atoms with Gasteiger partial charge in [0.2, 0.25) is 5.91 Å². The third-order valence-electron chi connectivity index (χ3n) is 3.64. The van der Waals surface area contributed by atoms with E-state index >= 15 is 0 Å². The molecule has 0 saturated carbocycles. The first-order valence-corrected chi connectivity index (χ1v) is 6.95. The molecule has 6 heteroatoms. The molecule has 1 saturated heterocycles. The SMILES string of the molecule is O=C(NC1CCCNC1=O)c1cccc2c1NCCN2. The molecule has 2 aliphatic heterocycles. The average molecular weight is 274 g/mol. The molecule has 4 N–H and O–H groups in total. The molecule has 1 unspecified atom stereocenters. The van der Waals surface area contributed by atoms with Crippen LogP contribution < -0.4 is 21.3 Å². The average Bonchev–Trinajstić information content (AvgIpc) is 2.49. The number of anilines is 2. The molecule has 106 valence electrons. The summed E-state index contributed by atoms with van der Waals surface area (Å²) in [6.45, 7) is 2.31. The second-order valence-corrected chi connectivity index (χ2v) is 5.04. The number of benzene rings is 1. The molecule has 1 fully saturated rings. The molecule has 0 aliphatic carbocycles. The van der Waals surface area contributed by atoms with Gasteiger partial charge in [0.25, 0.3) is 5.91 Å². The molecule has 0 spiro atoms. The van der Waals surface area contributed by atoms with E-state index in [1.807, 2.05) is 12.1 Å². The fourth-order valence-corrected chi connectivity index (χ4v) is 2.61. The Kier molecular flexibility index (Phi) is 3.45. The molecule has 3 rings (SSSR count). The summed E-state index contributed by atoms with van der Waals surface area (Å²) in [5.41, 5.74) is 2.32. The van der Waals surface area contributed by atoms with Crippen molar-refractivity contribution in [1.29, 1.82) is 0 Å². The second kappa shape index (κ2) is 5.40. The van der Waals surface area contributed by atoms with Gasteiger partial charge in [0.05, 0.1) is 16.9 Å². The number of carbonyl (C=O) groups is 2. The van der Waals surface area contributed by atoms with E-state index in [2.05, 4.69) is 21.3 Å². The summed E-state index contributed by atoms with van der Waals surface area (Å²) in [5.74, 6) is -0.305. The summed E-state index contributed by atoms with van der Waals surface area (Å²) >= 11 is 0. The number of carbonyl (C=O) groups excluding carboxylic acids is 2. The van der Waals surface area contributed by atoms with Crippen molar-refractivity contribution < 1.29 is 9.59 Å². The van der Waals surface area contributed by atoms with Gasteiger partial charge in [-0.05, 0) is 25.0 Å². The van der Waals surface area contributed by atoms with Gasteiger partial charge in [-0.15, -0.1) is 0 Å². The highest BCUT2D eigenvalue weighted by Crippen LogP contribution is 2.28. The maximum Gasteiger partial charge on any atom is 0.254 e. The third kappa shape index (κ3) is 2.41. The Morgan fingerprint density at radius 2 is 2.00 bits per heavy atom. The topological polar surface area (TPSA) is 82.3 Å². The van der Waals surface area contributed by atoms with Crippen LogP contribution in [0.1, 0.15) is 23.2 Å². The van der Waals surface area contributed by atoms with Gasteiger partial charge in [0.15, 0.2) is 0 Å². The smallest absolute Gasteiger partial charge is 0.254 e. The first kappa shape index (κ1) is 12.8. The normalized spacial score (nSPS) is 21.0. The zero-order valence-electron chi connectivity index (χ0n) is 11.2. The summed E-state index contributed by atoms with van der Waals surface area (Å²) in [6.07, 6.45) is 1.58. The van der Waals surface area contributed by atoms with E-state index in [0.717, 1.165) is 30.9 Å². The van der Waals surface area contributed by atoms with Crippen LogP contribution in [-0.2, 0) is 4.79 Å². The number of amides is 2. The Hall–Kier alpha value is -2.24. The molecule has 0 aromatic heterocycles. The van der Waals surface area contributed by atoms with E-state index in [1.54, 1.807) is 6.07 Å². The highest BCUT2D eigenvalue weighted by atomic mass is 16.2. The predicted molar refractivity (Wildman–Crippen MR) is 76.9 cm³/mol. The van der Waals surface area contributed by atoms with Crippen LogP contribution in [0.15, 0.2) is 18.2 Å². The van der Waals surface area contributed by atoms with Crippen molar-refractivity contribution in [3.05, 3.63) is 23.8 Å². The first-order valence-electron chi connectivity index (χ1n) is 6.95. The minimum absolute atomic E-state index is 0.0968. The minimum Gasteiger partial charge on any atom is -0.382 e. The summed E-state index contributed by atoms with van der Waals surface area (Å²) in [5, 5.41) is 12.1. The molecule has 0 bridgehead atoms. The predicted octanol–water partition coefficient (Wildman–Crippen LogP) is 0.532. The van der Waals surface area contributed by atoms with Crippen LogP contribution in [-0.4, -0.2) is 37.5 Å². The van der Waals surface area contributed by atoms with Gasteiger partial charge in [-0.1, -0.05) is 6.07 Å². The number of nitrogens with one attached hydrogen (secondary N) is 4. The number of hydrogen-bond acceptors (Lipinski definition) is 4. The Balaban J connectivity index is 1.78. The molecular formula is C14H18N4O2. The molecule has 2 aliphatic rings. The maximum atomic E-state index is 12.4. The summed E-state index contributed by atoms with van der Waals surface area (Å²) < 4.78 is 0. The molecule has 1 atom stereocenters. The molecule has 20 heavy (non-hydrogen) atoms. The van der Waals surface area contributed by atoms with Crippen molar-refractivity contribution in [2.75, 3.05) is 30.3 Å². The molecule has 6 nitrogen and oxygen atoms in total. The molecule has 1 aromatic carbocycles. The Morgan fingerprint density at radius 1 is 1.15 bits per heavy atom. The second-order valence-electron chi connectivity index (χ2n) is 5.04. The van der Waals surface area contributed by atoms with Crippen LogP contribution in [0.3, 0.4) is 0 Å². The van der Waals surface area contributed by atoms with Crippen molar-refractivity contribution in [2.45, 2.75) is 18.9 Å². The van der Waals surface area contributed by atoms with Crippen molar-refractivity contribution in [2.24, 2.45) is 0 Å². The van der Waals surface area contributed by atoms with Crippen LogP contribution in [0.4, 0.5) is 11.4 Å². The van der Waals surface area contributed by atoms with Crippen LogP contribution in [0.25, 0.3) is 0 Å². The third-order valence-corrected chi connectivity index (χ3v) is 3.64. The first-order chi connectivity index (χ1) is 9.75. The van der Waals surface area contributed by atoms with Crippen LogP contribution in [0.2, 0.25) is 0 Å². The Morgan fingerprint density at radius 3 is 2.85 bits per heavy atom. The molecule has 1 aromatic rings. The van der Waals surface area contributed by atoms with E-state index in [-0.39, 0.29) is 11.8 Å². The molecular weight excluding hydrogens is 256 g/mol. The monoisotopic (exact) mass is 274 g/mol. The van der Waals surface area contributed by atoms with Gasteiger partial charge >= 0.3 is 0 Å². The van der Waals surface area contributed by atoms with Crippen molar-refractivity contribution >= 4 is 23.2 Å². The highest BCUT2D eigenvalue weighted by Gasteiger charge is 2.25. The van der Waals surface area contributed by atoms with Gasteiger partial charge in [0.1, 0.15) is 6.04 Å². The van der Waals surface area contributed by atoms with Crippen LogP contribution >= 0.6 is 0 Å². The largest absolute Gasteiger partial charge is 0.382 e. The van der Waals surface area contributed by atoms with Gasteiger partial charge in [0, 0.05) is 19.6 Å². The zero-order valence-corrected chi connectivity index (χ0v) is 11.2. The summed E-state index contributed by atoms with van der Waals surface area (Å²) in [6, 6.07) is 5.12. The van der Waals surface area contributed by atoms with Crippen LogP contribution in [0, 0.1) is 0 Å². The van der Waals surface area contributed by atoms with E-state index < -0.39 is 6.04 Å².